The lowest BCUT2D eigenvalue weighted by Gasteiger charge is -2.30. The van der Waals surface area contributed by atoms with Gasteiger partial charge in [-0.05, 0) is 102 Å². The number of carbonyl (C=O) groups is 2. The molecular weight excluding hydrogens is 1040 g/mol. The number of phosphoric ester groups is 1. The first-order valence-corrected chi connectivity index (χ1v) is 36.2. The summed E-state index contributed by atoms with van der Waals surface area (Å²) in [6.45, 7) is 6.83. The van der Waals surface area contributed by atoms with Gasteiger partial charge in [-0.1, -0.05) is 280 Å². The lowest BCUT2D eigenvalue weighted by molar-refractivity contribution is -0.870. The molecule has 0 rings (SSSR count). The third kappa shape index (κ3) is 62.0. The van der Waals surface area contributed by atoms with Crippen molar-refractivity contribution in [2.75, 3.05) is 40.9 Å². The Labute approximate surface area is 508 Å². The molecule has 82 heavy (non-hydrogen) atoms. The van der Waals surface area contributed by atoms with Gasteiger partial charge in [0.25, 0.3) is 7.82 Å². The number of nitrogens with one attached hydrogen (secondary N) is 1. The summed E-state index contributed by atoms with van der Waals surface area (Å²) in [5.41, 5.74) is 0. The molecule has 1 amide bonds. The Kier molecular flexibility index (Phi) is 59.6. The maximum absolute atomic E-state index is 13.6. The number of phosphoric acid groups is 1. The molecule has 0 saturated heterocycles. The average molecular weight is 1170 g/mol. The summed E-state index contributed by atoms with van der Waals surface area (Å²) in [7, 11) is 1.18. The van der Waals surface area contributed by atoms with Gasteiger partial charge in [-0.2, -0.15) is 0 Å². The number of esters is 1. The molecule has 0 aromatic carbocycles. The van der Waals surface area contributed by atoms with Crippen LogP contribution in [0.15, 0.2) is 72.9 Å². The normalized spacial score (nSPS) is 14.0. The molecule has 0 aliphatic carbocycles. The van der Waals surface area contributed by atoms with Crippen molar-refractivity contribution in [3.8, 4) is 0 Å². The molecule has 0 saturated carbocycles. The molecular formula is C72H133N2O7P. The topological polar surface area (TPSA) is 114 Å². The fourth-order valence-corrected chi connectivity index (χ4v) is 10.7. The van der Waals surface area contributed by atoms with Crippen LogP contribution in [0.25, 0.3) is 0 Å². The predicted molar refractivity (Wildman–Crippen MR) is 353 cm³/mol. The number of rotatable bonds is 63. The summed E-state index contributed by atoms with van der Waals surface area (Å²) in [6.07, 6.45) is 80.2. The molecule has 10 heteroatoms. The Morgan fingerprint density at radius 3 is 1.15 bits per heavy atom. The number of unbranched alkanes of at least 4 members (excludes halogenated alkanes) is 37. The molecule has 478 valence electrons. The van der Waals surface area contributed by atoms with Crippen molar-refractivity contribution in [1.29, 1.82) is 0 Å². The van der Waals surface area contributed by atoms with Gasteiger partial charge in [-0.3, -0.25) is 14.2 Å². The van der Waals surface area contributed by atoms with Gasteiger partial charge in [0.1, 0.15) is 19.3 Å². The van der Waals surface area contributed by atoms with Gasteiger partial charge >= 0.3 is 5.97 Å². The Morgan fingerprint density at radius 2 is 0.744 bits per heavy atom. The summed E-state index contributed by atoms with van der Waals surface area (Å²) in [5.74, 6) is -0.542. The van der Waals surface area contributed by atoms with Gasteiger partial charge in [0, 0.05) is 12.8 Å². The minimum atomic E-state index is -4.71. The molecule has 0 fully saturated rings. The maximum atomic E-state index is 13.6. The molecule has 0 aliphatic heterocycles. The van der Waals surface area contributed by atoms with Gasteiger partial charge in [-0.25, -0.2) is 0 Å². The second-order valence-electron chi connectivity index (χ2n) is 24.7. The van der Waals surface area contributed by atoms with E-state index in [2.05, 4.69) is 86.8 Å². The molecule has 0 aromatic heterocycles. The first-order valence-electron chi connectivity index (χ1n) is 34.7. The standard InChI is InChI=1S/C72H133N2O7P/c1-7-10-13-16-19-22-25-28-30-32-33-34-35-36-37-38-39-40-41-43-44-46-49-52-55-58-61-64-71(75)73-69(68-80-82(77,78)79-67-66-74(4,5)6)70(63-60-57-54-51-48-27-24-21-18-15-12-9-3)81-72(76)65-62-59-56-53-50-47-45-42-31-29-26-23-20-17-14-11-8-2/h19,22,28-31,33-34,36-37,60,63,69-70H,7-18,20-21,23-27,32,35,38-59,61-62,64-68H2,1-6H3,(H-,73,75,77,78)/b22-19-,30-28-,31-29+,34-33-,37-36-,63-60-. The summed E-state index contributed by atoms with van der Waals surface area (Å²) in [5, 5.41) is 3.04. The lowest BCUT2D eigenvalue weighted by Crippen LogP contribution is -2.47. The number of likely N-dealkylation sites (N-methyl/N-ethyl adjacent to an activating group) is 1. The minimum absolute atomic E-state index is 0.0248. The fourth-order valence-electron chi connectivity index (χ4n) is 9.97. The van der Waals surface area contributed by atoms with E-state index in [4.69, 9.17) is 13.8 Å². The largest absolute Gasteiger partial charge is 0.756 e. The van der Waals surface area contributed by atoms with E-state index >= 15 is 0 Å². The van der Waals surface area contributed by atoms with Crippen LogP contribution in [0, 0.1) is 0 Å². The lowest BCUT2D eigenvalue weighted by atomic mass is 10.0. The highest BCUT2D eigenvalue weighted by Crippen LogP contribution is 2.38. The zero-order valence-corrected chi connectivity index (χ0v) is 55.6. The predicted octanol–water partition coefficient (Wildman–Crippen LogP) is 21.3. The van der Waals surface area contributed by atoms with Crippen LogP contribution in [0.3, 0.4) is 0 Å². The van der Waals surface area contributed by atoms with Crippen LogP contribution in [0.5, 0.6) is 0 Å². The molecule has 1 N–H and O–H groups in total. The molecule has 9 nitrogen and oxygen atoms in total. The molecule has 0 radical (unpaired) electrons. The maximum Gasteiger partial charge on any atom is 0.306 e. The van der Waals surface area contributed by atoms with Crippen LogP contribution in [-0.2, 0) is 27.9 Å². The van der Waals surface area contributed by atoms with E-state index in [0.29, 0.717) is 17.4 Å². The van der Waals surface area contributed by atoms with E-state index in [0.717, 1.165) is 96.3 Å². The summed E-state index contributed by atoms with van der Waals surface area (Å²) >= 11 is 0. The monoisotopic (exact) mass is 1170 g/mol. The van der Waals surface area contributed by atoms with Crippen molar-refractivity contribution in [3.05, 3.63) is 72.9 Å². The van der Waals surface area contributed by atoms with Crippen molar-refractivity contribution in [2.24, 2.45) is 0 Å². The number of nitrogens with zero attached hydrogens (tertiary/aromatic N) is 1. The van der Waals surface area contributed by atoms with Gasteiger partial charge in [0.05, 0.1) is 33.8 Å². The Bertz CT molecular complexity index is 1630. The number of hydrogen-bond acceptors (Lipinski definition) is 7. The van der Waals surface area contributed by atoms with Crippen LogP contribution in [0.1, 0.15) is 323 Å². The molecule has 3 unspecified atom stereocenters. The van der Waals surface area contributed by atoms with E-state index in [1.807, 2.05) is 33.3 Å². The fraction of sp³-hybridized carbons (Fsp3) is 0.806. The van der Waals surface area contributed by atoms with Gasteiger partial charge in [-0.15, -0.1) is 0 Å². The van der Waals surface area contributed by atoms with Gasteiger partial charge in [0.2, 0.25) is 5.91 Å². The van der Waals surface area contributed by atoms with Gasteiger partial charge in [0.15, 0.2) is 0 Å². The van der Waals surface area contributed by atoms with Crippen molar-refractivity contribution < 1.29 is 37.3 Å². The molecule has 0 aromatic rings. The van der Waals surface area contributed by atoms with Gasteiger partial charge < -0.3 is 28.5 Å². The molecule has 3 atom stereocenters. The quantitative estimate of drug-likeness (QED) is 0.0212. The highest BCUT2D eigenvalue weighted by molar-refractivity contribution is 7.45. The van der Waals surface area contributed by atoms with E-state index in [1.54, 1.807) is 0 Å². The van der Waals surface area contributed by atoms with Crippen LogP contribution >= 0.6 is 7.82 Å². The first kappa shape index (κ1) is 79.5. The number of amides is 1. The average Bonchev–Trinajstić information content (AvgIpc) is 3.47. The third-order valence-electron chi connectivity index (χ3n) is 15.4. The zero-order chi connectivity index (χ0) is 60.0. The van der Waals surface area contributed by atoms with Crippen LogP contribution in [0.4, 0.5) is 0 Å². The number of ether oxygens (including phenoxy) is 1. The van der Waals surface area contributed by atoms with E-state index in [-0.39, 0.29) is 24.9 Å². The van der Waals surface area contributed by atoms with Crippen molar-refractivity contribution >= 4 is 19.7 Å². The number of quaternary nitrogens is 1. The number of hydrogen-bond donors (Lipinski definition) is 1. The molecule has 0 spiro atoms. The molecule has 0 bridgehead atoms. The Hall–Kier alpha value is -2.55. The van der Waals surface area contributed by atoms with Crippen molar-refractivity contribution in [1.82, 2.24) is 5.32 Å². The summed E-state index contributed by atoms with van der Waals surface area (Å²) < 4.78 is 30.4. The number of carbonyl (C=O) groups excluding carboxylic acids is 2. The summed E-state index contributed by atoms with van der Waals surface area (Å²) in [6, 6.07) is -0.894. The Morgan fingerprint density at radius 1 is 0.427 bits per heavy atom. The van der Waals surface area contributed by atoms with Crippen LogP contribution in [-0.4, -0.2) is 69.4 Å². The van der Waals surface area contributed by atoms with E-state index in [9.17, 15) is 19.0 Å². The zero-order valence-electron chi connectivity index (χ0n) is 54.7. The Balaban J connectivity index is 5.07. The smallest absolute Gasteiger partial charge is 0.306 e. The second-order valence-corrected chi connectivity index (χ2v) is 26.1. The summed E-state index contributed by atoms with van der Waals surface area (Å²) in [4.78, 5) is 40.1. The third-order valence-corrected chi connectivity index (χ3v) is 16.3. The van der Waals surface area contributed by atoms with Crippen molar-refractivity contribution in [2.45, 2.75) is 335 Å². The molecule has 0 heterocycles. The second kappa shape index (κ2) is 61.5. The first-order chi connectivity index (χ1) is 39.9. The van der Waals surface area contributed by atoms with Crippen LogP contribution in [0.2, 0.25) is 0 Å². The van der Waals surface area contributed by atoms with E-state index in [1.165, 1.54) is 193 Å². The highest BCUT2D eigenvalue weighted by atomic mass is 31.2. The minimum Gasteiger partial charge on any atom is -0.756 e. The SMILES string of the molecule is CCCCC/C=C\C/C=C\C/C=C\C/C=C\CCCCCCCCCCCCCC(=O)NC(COP(=O)([O-])OCC[N+](C)(C)C)C(/C=C\CCCCCCCCCCCC)OC(=O)CCCCCCCCC/C=C/CCCCCCCC. The number of allylic oxidation sites excluding steroid dienone is 11. The highest BCUT2D eigenvalue weighted by Gasteiger charge is 2.27. The molecule has 0 aliphatic rings. The van der Waals surface area contributed by atoms with Crippen LogP contribution < -0.4 is 10.2 Å². The van der Waals surface area contributed by atoms with Crippen molar-refractivity contribution in [3.63, 3.8) is 0 Å². The van der Waals surface area contributed by atoms with E-state index < -0.39 is 26.6 Å².